The van der Waals surface area contributed by atoms with Gasteiger partial charge in [0.2, 0.25) is 0 Å². The van der Waals surface area contributed by atoms with Gasteiger partial charge in [0.1, 0.15) is 11.3 Å². The molecule has 1 rings (SSSR count). The summed E-state index contributed by atoms with van der Waals surface area (Å²) in [6, 6.07) is 0. The van der Waals surface area contributed by atoms with Crippen molar-refractivity contribution < 1.29 is 0 Å². The Morgan fingerprint density at radius 1 is 1.27 bits per heavy atom. The average Bonchev–Trinajstić information content (AvgIpc) is 2.78. The Morgan fingerprint density at radius 2 is 2.07 bits per heavy atom. The zero-order valence-electron chi connectivity index (χ0n) is 10.1. The fraction of sp³-hybridized carbons (Fsp3) is 0.833. The van der Waals surface area contributed by atoms with Crippen LogP contribution in [0.2, 0.25) is 0 Å². The molecule has 86 valence electrons. The van der Waals surface area contributed by atoms with E-state index in [1.54, 1.807) is 0 Å². The van der Waals surface area contributed by atoms with E-state index in [1.165, 1.54) is 43.6 Å². The first kappa shape index (κ1) is 12.6. The Labute approximate surface area is 97.3 Å². The van der Waals surface area contributed by atoms with Gasteiger partial charge in [0.25, 0.3) is 0 Å². The quantitative estimate of drug-likeness (QED) is 0.652. The normalized spacial score (nSPS) is 15.1. The number of rotatable bonds is 7. The molecule has 0 aliphatic rings. The van der Waals surface area contributed by atoms with E-state index < -0.39 is 0 Å². The third-order valence-corrected chi connectivity index (χ3v) is 3.74. The third kappa shape index (κ3) is 3.56. The summed E-state index contributed by atoms with van der Waals surface area (Å²) in [7, 11) is 0. The highest BCUT2D eigenvalue weighted by molar-refractivity contribution is 7.03. The van der Waals surface area contributed by atoms with E-state index in [9.17, 15) is 0 Å². The van der Waals surface area contributed by atoms with Crippen LogP contribution in [0.25, 0.3) is 0 Å². The van der Waals surface area contributed by atoms with Gasteiger partial charge >= 0.3 is 0 Å². The lowest BCUT2D eigenvalue weighted by Crippen LogP contribution is -2.22. The minimum Gasteiger partial charge on any atom is -0.227 e. The van der Waals surface area contributed by atoms with Crippen LogP contribution in [-0.4, -0.2) is 9.36 Å². The molecular weight excluding hydrogens is 204 g/mol. The van der Waals surface area contributed by atoms with Crippen molar-refractivity contribution in [1.29, 1.82) is 0 Å². The van der Waals surface area contributed by atoms with Gasteiger partial charge in [-0.25, -0.2) is 4.98 Å². The van der Waals surface area contributed by atoms with E-state index >= 15 is 0 Å². The van der Waals surface area contributed by atoms with Crippen molar-refractivity contribution in [2.75, 3.05) is 0 Å². The van der Waals surface area contributed by atoms with Crippen molar-refractivity contribution in [3.05, 3.63) is 11.3 Å². The van der Waals surface area contributed by atoms with Gasteiger partial charge < -0.3 is 0 Å². The summed E-state index contributed by atoms with van der Waals surface area (Å²) in [5, 5.41) is 0. The van der Waals surface area contributed by atoms with Crippen molar-refractivity contribution in [1.82, 2.24) is 9.36 Å². The second-order valence-electron chi connectivity index (χ2n) is 4.48. The first-order valence-corrected chi connectivity index (χ1v) is 6.83. The molecule has 0 fully saturated rings. The first-order valence-electron chi connectivity index (χ1n) is 6.00. The predicted octanol–water partition coefficient (Wildman–Crippen LogP) is 4.18. The lowest BCUT2D eigenvalue weighted by molar-refractivity contribution is 0.378. The molecule has 15 heavy (non-hydrogen) atoms. The average molecular weight is 226 g/mol. The van der Waals surface area contributed by atoms with Crippen LogP contribution in [0, 0.1) is 0 Å². The molecule has 1 aromatic heterocycles. The second-order valence-corrected chi connectivity index (χ2v) is 5.08. The van der Waals surface area contributed by atoms with E-state index in [2.05, 4.69) is 30.1 Å². The zero-order valence-corrected chi connectivity index (χ0v) is 10.9. The number of hydrogen-bond acceptors (Lipinski definition) is 3. The summed E-state index contributed by atoms with van der Waals surface area (Å²) >= 11 is 1.46. The highest BCUT2D eigenvalue weighted by atomic mass is 32.1. The monoisotopic (exact) mass is 226 g/mol. The fourth-order valence-electron chi connectivity index (χ4n) is 1.83. The Bertz CT molecular complexity index is 259. The largest absolute Gasteiger partial charge is 0.227 e. The summed E-state index contributed by atoms with van der Waals surface area (Å²) in [4.78, 5) is 4.37. The Morgan fingerprint density at radius 3 is 2.60 bits per heavy atom. The van der Waals surface area contributed by atoms with Crippen molar-refractivity contribution in [3.8, 4) is 0 Å². The van der Waals surface area contributed by atoms with Gasteiger partial charge in [-0.3, -0.25) is 0 Å². The summed E-state index contributed by atoms with van der Waals surface area (Å²) in [5.41, 5.74) is 2.04. The molecule has 0 aliphatic carbocycles. The molecule has 0 amide bonds. The number of hydrogen-bond donors (Lipinski definition) is 0. The minimum atomic E-state index is 0.202. The van der Waals surface area contributed by atoms with Crippen molar-refractivity contribution >= 4 is 11.5 Å². The van der Waals surface area contributed by atoms with Gasteiger partial charge in [0, 0.05) is 5.41 Å². The summed E-state index contributed by atoms with van der Waals surface area (Å²) in [5.74, 6) is 1.05. The molecule has 1 atom stereocenters. The molecule has 1 aromatic rings. The molecule has 2 nitrogen and oxygen atoms in total. The fourth-order valence-corrected chi connectivity index (χ4v) is 2.39. The Kier molecular flexibility index (Phi) is 5.23. The van der Waals surface area contributed by atoms with Crippen LogP contribution in [0.3, 0.4) is 0 Å². The van der Waals surface area contributed by atoms with Crippen molar-refractivity contribution in [2.45, 2.75) is 64.7 Å². The summed E-state index contributed by atoms with van der Waals surface area (Å²) in [6.07, 6.45) is 7.66. The lowest BCUT2D eigenvalue weighted by Gasteiger charge is -2.24. The van der Waals surface area contributed by atoms with Crippen LogP contribution in [0.5, 0.6) is 0 Å². The maximum atomic E-state index is 4.39. The molecule has 0 radical (unpaired) electrons. The van der Waals surface area contributed by atoms with E-state index in [4.69, 9.17) is 0 Å². The van der Waals surface area contributed by atoms with Crippen LogP contribution in [0.15, 0.2) is 5.51 Å². The smallest absolute Gasteiger partial charge is 0.148 e. The van der Waals surface area contributed by atoms with Gasteiger partial charge in [-0.1, -0.05) is 46.5 Å². The molecule has 0 saturated carbocycles. The molecule has 0 bridgehead atoms. The van der Waals surface area contributed by atoms with Gasteiger partial charge in [-0.15, -0.1) is 0 Å². The van der Waals surface area contributed by atoms with Crippen LogP contribution in [-0.2, 0) is 5.41 Å². The van der Waals surface area contributed by atoms with Crippen molar-refractivity contribution in [2.24, 2.45) is 0 Å². The van der Waals surface area contributed by atoms with E-state index in [0.29, 0.717) is 0 Å². The summed E-state index contributed by atoms with van der Waals surface area (Å²) < 4.78 is 4.39. The molecule has 1 heterocycles. The van der Waals surface area contributed by atoms with Crippen LogP contribution in [0.1, 0.15) is 65.1 Å². The van der Waals surface area contributed by atoms with Crippen molar-refractivity contribution in [3.63, 3.8) is 0 Å². The van der Waals surface area contributed by atoms with Crippen LogP contribution < -0.4 is 0 Å². The topological polar surface area (TPSA) is 25.8 Å². The maximum Gasteiger partial charge on any atom is 0.148 e. The Balaban J connectivity index is 2.46. The Hall–Kier alpha value is -0.440. The predicted molar refractivity (Wildman–Crippen MR) is 66.3 cm³/mol. The zero-order chi connectivity index (χ0) is 11.1. The highest BCUT2D eigenvalue weighted by Gasteiger charge is 2.27. The molecule has 0 aromatic carbocycles. The number of nitrogens with zero attached hydrogens (tertiary/aromatic N) is 2. The standard InChI is InChI=1S/C12H22N2S/c1-4-6-7-8-9-12(3,5-2)11-13-10-15-14-11/h10H,4-9H2,1-3H3. The van der Waals surface area contributed by atoms with E-state index in [-0.39, 0.29) is 5.41 Å². The molecule has 0 aliphatic heterocycles. The molecular formula is C12H22N2S. The first-order chi connectivity index (χ1) is 7.23. The number of unbranched alkanes of at least 4 members (excludes halogenated alkanes) is 3. The number of aromatic nitrogens is 2. The second kappa shape index (κ2) is 6.21. The molecule has 3 heteroatoms. The lowest BCUT2D eigenvalue weighted by atomic mass is 9.81. The maximum absolute atomic E-state index is 4.39. The van der Waals surface area contributed by atoms with E-state index in [0.717, 1.165) is 12.2 Å². The summed E-state index contributed by atoms with van der Waals surface area (Å²) in [6.45, 7) is 6.78. The molecule has 0 saturated heterocycles. The van der Waals surface area contributed by atoms with Crippen LogP contribution in [0.4, 0.5) is 0 Å². The molecule has 1 unspecified atom stereocenters. The molecule has 0 spiro atoms. The van der Waals surface area contributed by atoms with Gasteiger partial charge in [0.05, 0.1) is 0 Å². The van der Waals surface area contributed by atoms with Gasteiger partial charge in [0.15, 0.2) is 0 Å². The minimum absolute atomic E-state index is 0.202. The van der Waals surface area contributed by atoms with E-state index in [1.807, 2.05) is 5.51 Å². The SMILES string of the molecule is CCCCCCC(C)(CC)c1ncsn1. The third-order valence-electron chi connectivity index (χ3n) is 3.26. The molecule has 0 N–H and O–H groups in total. The van der Waals surface area contributed by atoms with Crippen LogP contribution >= 0.6 is 11.5 Å². The van der Waals surface area contributed by atoms with Gasteiger partial charge in [-0.05, 0) is 24.4 Å². The van der Waals surface area contributed by atoms with Gasteiger partial charge in [-0.2, -0.15) is 4.37 Å². The highest BCUT2D eigenvalue weighted by Crippen LogP contribution is 2.31.